The van der Waals surface area contributed by atoms with Gasteiger partial charge in [0.25, 0.3) is 0 Å². The van der Waals surface area contributed by atoms with Crippen molar-refractivity contribution in [2.75, 3.05) is 19.8 Å². The van der Waals surface area contributed by atoms with Crippen molar-refractivity contribution in [2.45, 2.75) is 6.92 Å². The van der Waals surface area contributed by atoms with Gasteiger partial charge in [0.15, 0.2) is 0 Å². The Kier molecular flexibility index (Phi) is 5.28. The van der Waals surface area contributed by atoms with Crippen LogP contribution in [0.4, 0.5) is 0 Å². The maximum absolute atomic E-state index is 7.73. The fourth-order valence-electron chi connectivity index (χ4n) is 1.19. The minimum atomic E-state index is 0.113. The molecular weight excluding hydrogens is 272 g/mol. The van der Waals surface area contributed by atoms with Crippen molar-refractivity contribution in [3.8, 4) is 5.75 Å². The zero-order valence-corrected chi connectivity index (χ0v) is 10.7. The molecule has 4 nitrogen and oxygen atoms in total. The molecule has 0 saturated carbocycles. The second-order valence-corrected chi connectivity index (χ2v) is 3.96. The number of hydrogen-bond acceptors (Lipinski definition) is 4. The Morgan fingerprint density at radius 1 is 1.50 bits per heavy atom. The molecule has 0 saturated heterocycles. The molecule has 0 aliphatic rings. The van der Waals surface area contributed by atoms with Gasteiger partial charge in [-0.1, -0.05) is 15.9 Å². The monoisotopic (exact) mass is 286 g/mol. The van der Waals surface area contributed by atoms with Crippen molar-refractivity contribution >= 4 is 21.8 Å². The highest BCUT2D eigenvalue weighted by atomic mass is 79.9. The number of nitrogens with one attached hydrogen (secondary N) is 1. The van der Waals surface area contributed by atoms with Crippen LogP contribution in [0.1, 0.15) is 12.5 Å². The molecule has 5 heteroatoms. The topological polar surface area (TPSA) is 68.3 Å². The summed E-state index contributed by atoms with van der Waals surface area (Å²) in [5.74, 6) is 0.722. The first-order valence-corrected chi connectivity index (χ1v) is 5.82. The molecule has 0 aromatic heterocycles. The van der Waals surface area contributed by atoms with Gasteiger partial charge in [0, 0.05) is 11.0 Å². The van der Waals surface area contributed by atoms with Crippen LogP contribution in [-0.4, -0.2) is 25.7 Å². The molecule has 0 bridgehead atoms. The van der Waals surface area contributed by atoms with E-state index in [2.05, 4.69) is 15.9 Å². The molecule has 3 N–H and O–H groups in total. The molecule has 88 valence electrons. The third-order valence-electron chi connectivity index (χ3n) is 1.85. The maximum atomic E-state index is 7.73. The molecule has 0 spiro atoms. The van der Waals surface area contributed by atoms with Crippen LogP contribution in [0.25, 0.3) is 0 Å². The minimum Gasteiger partial charge on any atom is -0.491 e. The quantitative estimate of drug-likeness (QED) is 0.644. The molecule has 1 aromatic carbocycles. The van der Waals surface area contributed by atoms with Crippen molar-refractivity contribution < 1.29 is 9.47 Å². The zero-order valence-electron chi connectivity index (χ0n) is 9.13. The van der Waals surface area contributed by atoms with Gasteiger partial charge in [-0.15, -0.1) is 0 Å². The van der Waals surface area contributed by atoms with E-state index >= 15 is 0 Å². The zero-order chi connectivity index (χ0) is 12.0. The van der Waals surface area contributed by atoms with Gasteiger partial charge < -0.3 is 15.2 Å². The van der Waals surface area contributed by atoms with Gasteiger partial charge in [0.1, 0.15) is 12.4 Å². The summed E-state index contributed by atoms with van der Waals surface area (Å²) in [6, 6.07) is 5.44. The van der Waals surface area contributed by atoms with Crippen LogP contribution in [0.2, 0.25) is 0 Å². The predicted molar refractivity (Wildman–Crippen MR) is 67.1 cm³/mol. The lowest BCUT2D eigenvalue weighted by atomic mass is 10.2. The first-order chi connectivity index (χ1) is 7.69. The Morgan fingerprint density at radius 2 is 2.25 bits per heavy atom. The van der Waals surface area contributed by atoms with E-state index in [1.807, 2.05) is 13.0 Å². The van der Waals surface area contributed by atoms with E-state index in [9.17, 15) is 0 Å². The molecule has 0 heterocycles. The van der Waals surface area contributed by atoms with Crippen molar-refractivity contribution in [3.05, 3.63) is 28.2 Å². The molecule has 1 rings (SSSR count). The maximum Gasteiger partial charge on any atom is 0.217 e. The molecular formula is C11H15BrN2O2. The second-order valence-electron chi connectivity index (χ2n) is 3.04. The smallest absolute Gasteiger partial charge is 0.217 e. The highest BCUT2D eigenvalue weighted by molar-refractivity contribution is 9.10. The van der Waals surface area contributed by atoms with Crippen molar-refractivity contribution in [3.63, 3.8) is 0 Å². The predicted octanol–water partition coefficient (Wildman–Crippen LogP) is 2.15. The van der Waals surface area contributed by atoms with Crippen LogP contribution in [-0.2, 0) is 4.74 Å². The molecule has 0 aliphatic heterocycles. The van der Waals surface area contributed by atoms with Crippen LogP contribution < -0.4 is 10.5 Å². The summed E-state index contributed by atoms with van der Waals surface area (Å²) in [7, 11) is 0. The summed E-state index contributed by atoms with van der Waals surface area (Å²) < 4.78 is 11.5. The summed E-state index contributed by atoms with van der Waals surface area (Å²) in [5.41, 5.74) is 6.02. The molecule has 0 unspecified atom stereocenters. The lowest BCUT2D eigenvalue weighted by molar-refractivity contribution is 0.311. The molecule has 0 amide bonds. The Hall–Kier alpha value is -1.07. The number of halogens is 1. The lowest BCUT2D eigenvalue weighted by Gasteiger charge is -2.12. The largest absolute Gasteiger partial charge is 0.491 e. The van der Waals surface area contributed by atoms with E-state index in [0.29, 0.717) is 31.1 Å². The third-order valence-corrected chi connectivity index (χ3v) is 2.35. The third kappa shape index (κ3) is 3.50. The fourth-order valence-corrected chi connectivity index (χ4v) is 1.53. The highest BCUT2D eigenvalue weighted by Gasteiger charge is 2.10. The molecule has 1 aromatic rings. The van der Waals surface area contributed by atoms with Gasteiger partial charge in [0.05, 0.1) is 12.2 Å². The van der Waals surface area contributed by atoms with E-state index in [1.54, 1.807) is 12.1 Å². The Labute approximate surface area is 103 Å². The van der Waals surface area contributed by atoms with Gasteiger partial charge in [0.2, 0.25) is 5.90 Å². The Bertz CT molecular complexity index is 369. The van der Waals surface area contributed by atoms with Gasteiger partial charge in [-0.3, -0.25) is 5.41 Å². The second kappa shape index (κ2) is 6.50. The number of ether oxygens (including phenoxy) is 2. The highest BCUT2D eigenvalue weighted by Crippen LogP contribution is 2.24. The summed E-state index contributed by atoms with van der Waals surface area (Å²) in [6.45, 7) is 3.16. The fraction of sp³-hybridized carbons (Fsp3) is 0.364. The van der Waals surface area contributed by atoms with Crippen molar-refractivity contribution in [2.24, 2.45) is 5.73 Å². The molecule has 16 heavy (non-hydrogen) atoms. The average Bonchev–Trinajstić information content (AvgIpc) is 2.26. The molecule has 0 atom stereocenters. The molecule has 0 aliphatic carbocycles. The first-order valence-electron chi connectivity index (χ1n) is 5.03. The van der Waals surface area contributed by atoms with Crippen molar-refractivity contribution in [1.82, 2.24) is 0 Å². The van der Waals surface area contributed by atoms with Crippen LogP contribution in [0, 0.1) is 5.41 Å². The van der Waals surface area contributed by atoms with E-state index < -0.39 is 0 Å². The van der Waals surface area contributed by atoms with Crippen LogP contribution in [0.3, 0.4) is 0 Å². The molecule has 0 radical (unpaired) electrons. The van der Waals surface area contributed by atoms with E-state index in [4.69, 9.17) is 20.6 Å². The minimum absolute atomic E-state index is 0.113. The van der Waals surface area contributed by atoms with Gasteiger partial charge in [-0.05, 0) is 25.1 Å². The summed E-state index contributed by atoms with van der Waals surface area (Å²) >= 11 is 3.35. The number of rotatable bonds is 5. The summed E-state index contributed by atoms with van der Waals surface area (Å²) in [5, 5.41) is 7.73. The molecule has 0 fully saturated rings. The van der Waals surface area contributed by atoms with Gasteiger partial charge in [-0.2, -0.15) is 0 Å². The van der Waals surface area contributed by atoms with Crippen molar-refractivity contribution in [1.29, 1.82) is 5.41 Å². The van der Waals surface area contributed by atoms with E-state index in [0.717, 1.165) is 4.47 Å². The van der Waals surface area contributed by atoms with Gasteiger partial charge in [-0.25, -0.2) is 0 Å². The Morgan fingerprint density at radius 3 is 2.88 bits per heavy atom. The van der Waals surface area contributed by atoms with Crippen LogP contribution >= 0.6 is 15.9 Å². The standard InChI is InChI=1S/C11H15BrN2O2/c1-2-15-11(14)9-4-3-8(12)7-10(9)16-6-5-13/h3-4,7,14H,2,5-6,13H2,1H3. The van der Waals surface area contributed by atoms with E-state index in [1.165, 1.54) is 0 Å². The normalized spacial score (nSPS) is 9.94. The Balaban J connectivity index is 2.92. The number of benzene rings is 1. The van der Waals surface area contributed by atoms with Crippen LogP contribution in [0.5, 0.6) is 5.75 Å². The summed E-state index contributed by atoms with van der Waals surface area (Å²) in [6.07, 6.45) is 0. The number of nitrogens with two attached hydrogens (primary N) is 1. The van der Waals surface area contributed by atoms with E-state index in [-0.39, 0.29) is 5.90 Å². The summed E-state index contributed by atoms with van der Waals surface area (Å²) in [4.78, 5) is 0. The number of hydrogen-bond donors (Lipinski definition) is 2. The average molecular weight is 287 g/mol. The SMILES string of the molecule is CCOC(=N)c1ccc(Br)cc1OCCN. The first kappa shape index (κ1) is 13.0. The van der Waals surface area contributed by atoms with Crippen LogP contribution in [0.15, 0.2) is 22.7 Å². The van der Waals surface area contributed by atoms with Gasteiger partial charge >= 0.3 is 0 Å². The lowest BCUT2D eigenvalue weighted by Crippen LogP contribution is -2.13.